The number of ether oxygens (including phenoxy) is 1. The number of aryl methyl sites for hydroxylation is 1. The average Bonchev–Trinajstić information content (AvgIpc) is 3.27. The van der Waals surface area contributed by atoms with Crippen molar-refractivity contribution in [3.8, 4) is 0 Å². The molecular formula is C18H24N4O3S. The van der Waals surface area contributed by atoms with E-state index in [-0.39, 0.29) is 11.9 Å². The van der Waals surface area contributed by atoms with Gasteiger partial charge in [-0.1, -0.05) is 19.3 Å². The molecule has 2 aromatic rings. The van der Waals surface area contributed by atoms with Crippen molar-refractivity contribution in [1.82, 2.24) is 14.8 Å². The Kier molecular flexibility index (Phi) is 5.70. The minimum atomic E-state index is -0.882. The minimum Gasteiger partial charge on any atom is -0.449 e. The summed E-state index contributed by atoms with van der Waals surface area (Å²) in [5, 5.41) is 6.57. The summed E-state index contributed by atoms with van der Waals surface area (Å²) in [4.78, 5) is 31.6. The number of carbonyl (C=O) groups excluding carboxylic acids is 2. The summed E-state index contributed by atoms with van der Waals surface area (Å²) in [6, 6.07) is 0.115. The van der Waals surface area contributed by atoms with E-state index in [0.717, 1.165) is 25.7 Å². The highest BCUT2D eigenvalue weighted by atomic mass is 32.1. The second-order valence-corrected chi connectivity index (χ2v) is 7.50. The predicted molar refractivity (Wildman–Crippen MR) is 99.3 cm³/mol. The third-order valence-corrected chi connectivity index (χ3v) is 5.66. The molecule has 140 valence electrons. The van der Waals surface area contributed by atoms with Gasteiger partial charge in [0.25, 0.3) is 5.91 Å². The molecule has 0 N–H and O–H groups in total. The lowest BCUT2D eigenvalue weighted by atomic mass is 9.94. The molecule has 1 amide bonds. The largest absolute Gasteiger partial charge is 0.449 e. The molecule has 0 saturated heterocycles. The van der Waals surface area contributed by atoms with Crippen LogP contribution in [0.1, 0.15) is 55.1 Å². The summed E-state index contributed by atoms with van der Waals surface area (Å²) in [7, 11) is 1.76. The van der Waals surface area contributed by atoms with Gasteiger partial charge in [-0.25, -0.2) is 9.78 Å². The molecule has 1 atom stereocenters. The number of carbonyl (C=O) groups is 2. The molecule has 1 fully saturated rings. The van der Waals surface area contributed by atoms with E-state index >= 15 is 0 Å². The molecule has 0 bridgehead atoms. The van der Waals surface area contributed by atoms with Crippen molar-refractivity contribution in [1.29, 1.82) is 0 Å². The van der Waals surface area contributed by atoms with Crippen LogP contribution in [0.5, 0.6) is 0 Å². The van der Waals surface area contributed by atoms with Crippen molar-refractivity contribution >= 4 is 28.3 Å². The van der Waals surface area contributed by atoms with Crippen molar-refractivity contribution in [3.63, 3.8) is 0 Å². The Labute approximate surface area is 157 Å². The van der Waals surface area contributed by atoms with E-state index in [4.69, 9.17) is 4.74 Å². The summed E-state index contributed by atoms with van der Waals surface area (Å²) in [5.41, 5.74) is 1.09. The number of amides is 1. The van der Waals surface area contributed by atoms with Crippen LogP contribution in [0, 0.1) is 6.92 Å². The van der Waals surface area contributed by atoms with E-state index in [1.165, 1.54) is 24.0 Å². The third-order valence-electron chi connectivity index (χ3n) is 4.89. The molecule has 26 heavy (non-hydrogen) atoms. The number of aromatic nitrogens is 3. The lowest BCUT2D eigenvalue weighted by molar-refractivity contribution is -0.127. The van der Waals surface area contributed by atoms with Crippen molar-refractivity contribution in [2.75, 3.05) is 4.90 Å². The van der Waals surface area contributed by atoms with Crippen LogP contribution in [0.25, 0.3) is 0 Å². The van der Waals surface area contributed by atoms with E-state index in [2.05, 4.69) is 10.1 Å². The predicted octanol–water partition coefficient (Wildman–Crippen LogP) is 3.10. The molecule has 3 rings (SSSR count). The fourth-order valence-corrected chi connectivity index (χ4v) is 3.99. The van der Waals surface area contributed by atoms with E-state index in [9.17, 15) is 9.59 Å². The minimum absolute atomic E-state index is 0.115. The van der Waals surface area contributed by atoms with Crippen LogP contribution in [0.2, 0.25) is 0 Å². The molecule has 1 aliphatic carbocycles. The van der Waals surface area contributed by atoms with E-state index in [1.807, 2.05) is 5.38 Å². The molecule has 1 saturated carbocycles. The fourth-order valence-electron chi connectivity index (χ4n) is 3.27. The fraction of sp³-hybridized carbons (Fsp3) is 0.556. The Hall–Kier alpha value is -2.22. The first-order chi connectivity index (χ1) is 12.5. The van der Waals surface area contributed by atoms with Crippen LogP contribution >= 0.6 is 11.3 Å². The van der Waals surface area contributed by atoms with Gasteiger partial charge in [0.1, 0.15) is 5.56 Å². The van der Waals surface area contributed by atoms with Crippen molar-refractivity contribution in [3.05, 3.63) is 29.0 Å². The van der Waals surface area contributed by atoms with Crippen LogP contribution in [0.15, 0.2) is 17.8 Å². The maximum absolute atomic E-state index is 13.1. The molecule has 7 nitrogen and oxygen atoms in total. The Morgan fingerprint density at radius 1 is 1.35 bits per heavy atom. The molecule has 0 aromatic carbocycles. The van der Waals surface area contributed by atoms with Gasteiger partial charge in [-0.3, -0.25) is 14.4 Å². The molecule has 0 aliphatic heterocycles. The van der Waals surface area contributed by atoms with Gasteiger partial charge < -0.3 is 4.74 Å². The van der Waals surface area contributed by atoms with E-state index in [0.29, 0.717) is 16.4 Å². The van der Waals surface area contributed by atoms with Crippen molar-refractivity contribution < 1.29 is 14.3 Å². The Bertz CT molecular complexity index is 766. The van der Waals surface area contributed by atoms with Gasteiger partial charge in [-0.2, -0.15) is 5.10 Å². The summed E-state index contributed by atoms with van der Waals surface area (Å²) in [6.07, 6.45) is 7.58. The van der Waals surface area contributed by atoms with Gasteiger partial charge in [0.2, 0.25) is 0 Å². The molecule has 0 spiro atoms. The highest BCUT2D eigenvalue weighted by Gasteiger charge is 2.33. The van der Waals surface area contributed by atoms with Gasteiger partial charge in [0.15, 0.2) is 11.2 Å². The highest BCUT2D eigenvalue weighted by molar-refractivity contribution is 7.13. The summed E-state index contributed by atoms with van der Waals surface area (Å²) in [5.74, 6) is -0.749. The maximum atomic E-state index is 13.1. The third kappa shape index (κ3) is 3.80. The van der Waals surface area contributed by atoms with Crippen molar-refractivity contribution in [2.45, 2.75) is 58.1 Å². The van der Waals surface area contributed by atoms with Crippen LogP contribution < -0.4 is 4.90 Å². The van der Waals surface area contributed by atoms with Gasteiger partial charge in [-0.15, -0.1) is 11.3 Å². The Balaban J connectivity index is 1.75. The summed E-state index contributed by atoms with van der Waals surface area (Å²) >= 11 is 1.43. The monoisotopic (exact) mass is 376 g/mol. The van der Waals surface area contributed by atoms with Gasteiger partial charge in [0.05, 0.1) is 6.20 Å². The number of rotatable bonds is 5. The zero-order valence-electron chi connectivity index (χ0n) is 15.3. The van der Waals surface area contributed by atoms with Gasteiger partial charge in [-0.05, 0) is 26.7 Å². The standard InChI is InChI=1S/C18H24N4O3S/c1-12-15(11-20-21(12)3)17(24)25-13(2)16(23)22(18-19-9-10-26-18)14-7-5-4-6-8-14/h9-11,13-14H,4-8H2,1-3H3. The summed E-state index contributed by atoms with van der Waals surface area (Å²) < 4.78 is 7.06. The first kappa shape index (κ1) is 18.6. The molecule has 2 heterocycles. The van der Waals surface area contributed by atoms with Gasteiger partial charge in [0, 0.05) is 30.4 Å². The molecule has 8 heteroatoms. The molecule has 0 radical (unpaired) electrons. The normalized spacial score (nSPS) is 16.3. The number of hydrogen-bond acceptors (Lipinski definition) is 6. The Morgan fingerprint density at radius 2 is 2.08 bits per heavy atom. The topological polar surface area (TPSA) is 77.3 Å². The van der Waals surface area contributed by atoms with E-state index in [1.54, 1.807) is 36.7 Å². The number of hydrogen-bond donors (Lipinski definition) is 0. The smallest absolute Gasteiger partial charge is 0.342 e. The first-order valence-corrected chi connectivity index (χ1v) is 9.79. The Morgan fingerprint density at radius 3 is 2.65 bits per heavy atom. The van der Waals surface area contributed by atoms with E-state index < -0.39 is 12.1 Å². The molecular weight excluding hydrogens is 352 g/mol. The van der Waals surface area contributed by atoms with Crippen LogP contribution in [-0.4, -0.2) is 38.8 Å². The maximum Gasteiger partial charge on any atom is 0.342 e. The lowest BCUT2D eigenvalue weighted by Gasteiger charge is -2.33. The zero-order chi connectivity index (χ0) is 18.7. The number of thiazole rings is 1. The number of anilines is 1. The molecule has 1 unspecified atom stereocenters. The molecule has 2 aromatic heterocycles. The highest BCUT2D eigenvalue weighted by Crippen LogP contribution is 2.29. The van der Waals surface area contributed by atoms with Crippen molar-refractivity contribution in [2.24, 2.45) is 7.05 Å². The first-order valence-electron chi connectivity index (χ1n) is 8.91. The van der Waals surface area contributed by atoms with Crippen LogP contribution in [0.3, 0.4) is 0 Å². The quantitative estimate of drug-likeness (QED) is 0.750. The number of esters is 1. The number of nitrogens with zero attached hydrogens (tertiary/aromatic N) is 4. The van der Waals surface area contributed by atoms with Gasteiger partial charge >= 0.3 is 5.97 Å². The van der Waals surface area contributed by atoms with Crippen LogP contribution in [-0.2, 0) is 16.6 Å². The average molecular weight is 376 g/mol. The molecule has 1 aliphatic rings. The summed E-state index contributed by atoms with van der Waals surface area (Å²) in [6.45, 7) is 3.41. The lowest BCUT2D eigenvalue weighted by Crippen LogP contribution is -2.47. The van der Waals surface area contributed by atoms with Crippen LogP contribution in [0.4, 0.5) is 5.13 Å². The SMILES string of the molecule is Cc1c(C(=O)OC(C)C(=O)N(c2nccs2)C2CCCCC2)cnn1C. The second-order valence-electron chi connectivity index (χ2n) is 6.63. The second kappa shape index (κ2) is 7.99. The zero-order valence-corrected chi connectivity index (χ0v) is 16.2.